The maximum absolute atomic E-state index is 12.5. The van der Waals surface area contributed by atoms with Crippen molar-refractivity contribution >= 4 is 21.6 Å². The molecule has 0 aromatic heterocycles. The van der Waals surface area contributed by atoms with Gasteiger partial charge in [0.1, 0.15) is 19.0 Å². The molecule has 0 bridgehead atoms. The molecule has 1 N–H and O–H groups in total. The molecular formula is C21H26N2O6S. The minimum Gasteiger partial charge on any atom is -0.486 e. The molecule has 2 atom stereocenters. The molecule has 1 aliphatic heterocycles. The summed E-state index contributed by atoms with van der Waals surface area (Å²) >= 11 is 0. The van der Waals surface area contributed by atoms with Crippen LogP contribution < -0.4 is 23.8 Å². The molecule has 2 aromatic rings. The predicted molar refractivity (Wildman–Crippen MR) is 114 cm³/mol. The van der Waals surface area contributed by atoms with Gasteiger partial charge in [0.2, 0.25) is 10.0 Å². The van der Waals surface area contributed by atoms with Crippen molar-refractivity contribution in [2.24, 2.45) is 0 Å². The monoisotopic (exact) mass is 434 g/mol. The maximum Gasteiger partial charge on any atom is 0.261 e. The third kappa shape index (κ3) is 5.15. The van der Waals surface area contributed by atoms with Gasteiger partial charge in [0, 0.05) is 7.05 Å². The Hall–Kier alpha value is -2.94. The molecular weight excluding hydrogens is 408 g/mol. The van der Waals surface area contributed by atoms with Crippen LogP contribution in [-0.2, 0) is 14.8 Å². The molecule has 2 aromatic carbocycles. The lowest BCUT2D eigenvalue weighted by Gasteiger charge is -2.22. The SMILES string of the molecule is CC(Oc1ccc(N(C)S(C)(=O)=O)cc1)C(=O)NC(C)c1ccc2c(c1)OCCO2. The van der Waals surface area contributed by atoms with Gasteiger partial charge >= 0.3 is 0 Å². The van der Waals surface area contributed by atoms with E-state index in [0.717, 1.165) is 11.8 Å². The topological polar surface area (TPSA) is 94.2 Å². The van der Waals surface area contributed by atoms with Gasteiger partial charge in [-0.3, -0.25) is 9.10 Å². The van der Waals surface area contributed by atoms with Gasteiger partial charge in [0.05, 0.1) is 18.0 Å². The summed E-state index contributed by atoms with van der Waals surface area (Å²) in [6.45, 7) is 4.56. The molecule has 162 valence electrons. The number of benzene rings is 2. The van der Waals surface area contributed by atoms with Crippen LogP contribution in [-0.4, -0.2) is 46.9 Å². The number of carbonyl (C=O) groups excluding carboxylic acids is 1. The lowest BCUT2D eigenvalue weighted by Crippen LogP contribution is -2.37. The van der Waals surface area contributed by atoms with E-state index in [1.807, 2.05) is 25.1 Å². The van der Waals surface area contributed by atoms with Gasteiger partial charge in [-0.2, -0.15) is 0 Å². The van der Waals surface area contributed by atoms with E-state index in [-0.39, 0.29) is 11.9 Å². The summed E-state index contributed by atoms with van der Waals surface area (Å²) < 4.78 is 41.2. The van der Waals surface area contributed by atoms with E-state index >= 15 is 0 Å². The van der Waals surface area contributed by atoms with E-state index in [1.165, 1.54) is 11.4 Å². The molecule has 0 spiro atoms. The average molecular weight is 435 g/mol. The van der Waals surface area contributed by atoms with Crippen molar-refractivity contribution in [2.75, 3.05) is 30.8 Å². The lowest BCUT2D eigenvalue weighted by molar-refractivity contribution is -0.127. The number of sulfonamides is 1. The minimum absolute atomic E-state index is 0.245. The van der Waals surface area contributed by atoms with E-state index < -0.39 is 16.1 Å². The third-order valence-electron chi connectivity index (χ3n) is 4.80. The van der Waals surface area contributed by atoms with E-state index in [9.17, 15) is 13.2 Å². The number of rotatable bonds is 7. The highest BCUT2D eigenvalue weighted by Gasteiger charge is 2.20. The summed E-state index contributed by atoms with van der Waals surface area (Å²) in [6, 6.07) is 11.9. The zero-order valence-electron chi connectivity index (χ0n) is 17.4. The summed E-state index contributed by atoms with van der Waals surface area (Å²) in [7, 11) is -1.87. The summed E-state index contributed by atoms with van der Waals surface area (Å²) in [4.78, 5) is 12.5. The number of hydrogen-bond donors (Lipinski definition) is 1. The van der Waals surface area contributed by atoms with Crippen molar-refractivity contribution in [1.82, 2.24) is 5.32 Å². The number of nitrogens with zero attached hydrogens (tertiary/aromatic N) is 1. The molecule has 0 fully saturated rings. The van der Waals surface area contributed by atoms with Gasteiger partial charge in [-0.05, 0) is 55.8 Å². The van der Waals surface area contributed by atoms with Crippen LogP contribution in [0, 0.1) is 0 Å². The molecule has 2 unspecified atom stereocenters. The smallest absolute Gasteiger partial charge is 0.261 e. The molecule has 30 heavy (non-hydrogen) atoms. The highest BCUT2D eigenvalue weighted by molar-refractivity contribution is 7.92. The lowest BCUT2D eigenvalue weighted by atomic mass is 10.1. The van der Waals surface area contributed by atoms with Crippen molar-refractivity contribution in [3.63, 3.8) is 0 Å². The third-order valence-corrected chi connectivity index (χ3v) is 6.01. The number of hydrogen-bond acceptors (Lipinski definition) is 6. The van der Waals surface area contributed by atoms with Crippen molar-refractivity contribution in [2.45, 2.75) is 26.0 Å². The Morgan fingerprint density at radius 1 is 1.07 bits per heavy atom. The fourth-order valence-corrected chi connectivity index (χ4v) is 3.43. The highest BCUT2D eigenvalue weighted by atomic mass is 32.2. The Bertz CT molecular complexity index is 1010. The van der Waals surface area contributed by atoms with Crippen LogP contribution in [0.25, 0.3) is 0 Å². The van der Waals surface area contributed by atoms with Gasteiger partial charge in [0.15, 0.2) is 17.6 Å². The van der Waals surface area contributed by atoms with Crippen molar-refractivity contribution in [3.8, 4) is 17.2 Å². The Morgan fingerprint density at radius 2 is 1.70 bits per heavy atom. The summed E-state index contributed by atoms with van der Waals surface area (Å²) in [5, 5.41) is 2.92. The second-order valence-electron chi connectivity index (χ2n) is 7.12. The molecule has 0 radical (unpaired) electrons. The molecule has 1 heterocycles. The van der Waals surface area contributed by atoms with Crippen LogP contribution in [0.1, 0.15) is 25.5 Å². The molecule has 9 heteroatoms. The Balaban J connectivity index is 1.59. The van der Waals surface area contributed by atoms with Crippen LogP contribution in [0.4, 0.5) is 5.69 Å². The van der Waals surface area contributed by atoms with Gasteiger partial charge in [-0.1, -0.05) is 6.07 Å². The molecule has 0 saturated heterocycles. The van der Waals surface area contributed by atoms with Crippen LogP contribution in [0.3, 0.4) is 0 Å². The minimum atomic E-state index is -3.34. The molecule has 0 saturated carbocycles. The van der Waals surface area contributed by atoms with Crippen molar-refractivity contribution in [1.29, 1.82) is 0 Å². The van der Waals surface area contributed by atoms with E-state index in [0.29, 0.717) is 36.1 Å². The predicted octanol–water partition coefficient (Wildman–Crippen LogP) is 2.50. The number of carbonyl (C=O) groups is 1. The summed E-state index contributed by atoms with van der Waals surface area (Å²) in [5.41, 5.74) is 1.40. The maximum atomic E-state index is 12.5. The average Bonchev–Trinajstić information content (AvgIpc) is 2.72. The standard InChI is InChI=1S/C21H26N2O6S/c1-14(16-5-10-19-20(13-16)28-12-11-27-19)22-21(24)15(2)29-18-8-6-17(7-9-18)23(3)30(4,25)26/h5-10,13-15H,11-12H2,1-4H3,(H,22,24). The Kier molecular flexibility index (Phi) is 6.40. The fraction of sp³-hybridized carbons (Fsp3) is 0.381. The molecule has 1 amide bonds. The first kappa shape index (κ1) is 21.8. The molecule has 8 nitrogen and oxygen atoms in total. The van der Waals surface area contributed by atoms with E-state index in [4.69, 9.17) is 14.2 Å². The van der Waals surface area contributed by atoms with E-state index in [1.54, 1.807) is 31.2 Å². The normalized spacial score (nSPS) is 15.1. The second-order valence-corrected chi connectivity index (χ2v) is 9.13. The number of ether oxygens (including phenoxy) is 3. The Morgan fingerprint density at radius 3 is 2.33 bits per heavy atom. The van der Waals surface area contributed by atoms with E-state index in [2.05, 4.69) is 5.32 Å². The number of nitrogens with one attached hydrogen (secondary N) is 1. The first-order valence-corrected chi connectivity index (χ1v) is 11.4. The fourth-order valence-electron chi connectivity index (χ4n) is 2.93. The van der Waals surface area contributed by atoms with Crippen LogP contribution in [0.2, 0.25) is 0 Å². The van der Waals surface area contributed by atoms with Crippen molar-refractivity contribution in [3.05, 3.63) is 48.0 Å². The summed E-state index contributed by atoms with van der Waals surface area (Å²) in [6.07, 6.45) is 0.398. The van der Waals surface area contributed by atoms with Gasteiger partial charge < -0.3 is 19.5 Å². The number of amides is 1. The number of anilines is 1. The Labute approximate surface area is 176 Å². The second kappa shape index (κ2) is 8.83. The van der Waals surface area contributed by atoms with Crippen LogP contribution in [0.5, 0.6) is 17.2 Å². The zero-order valence-corrected chi connectivity index (χ0v) is 18.2. The molecule has 1 aliphatic rings. The number of fused-ring (bicyclic) bond motifs is 1. The van der Waals surface area contributed by atoms with Gasteiger partial charge in [-0.25, -0.2) is 8.42 Å². The quantitative estimate of drug-likeness (QED) is 0.720. The van der Waals surface area contributed by atoms with Crippen LogP contribution >= 0.6 is 0 Å². The molecule has 3 rings (SSSR count). The summed E-state index contributed by atoms with van der Waals surface area (Å²) in [5.74, 6) is 1.57. The van der Waals surface area contributed by atoms with Crippen LogP contribution in [0.15, 0.2) is 42.5 Å². The zero-order chi connectivity index (χ0) is 21.9. The van der Waals surface area contributed by atoms with Crippen molar-refractivity contribution < 1.29 is 27.4 Å². The molecule has 0 aliphatic carbocycles. The van der Waals surface area contributed by atoms with Gasteiger partial charge in [-0.15, -0.1) is 0 Å². The largest absolute Gasteiger partial charge is 0.486 e. The highest BCUT2D eigenvalue weighted by Crippen LogP contribution is 2.32. The first-order valence-electron chi connectivity index (χ1n) is 9.55. The van der Waals surface area contributed by atoms with Gasteiger partial charge in [0.25, 0.3) is 5.91 Å². The first-order chi connectivity index (χ1) is 14.1.